The first-order chi connectivity index (χ1) is 15.5. The minimum absolute atomic E-state index is 0.0605. The summed E-state index contributed by atoms with van der Waals surface area (Å²) in [5.74, 6) is 0.223. The van der Waals surface area contributed by atoms with E-state index in [1.54, 1.807) is 16.8 Å². The first-order valence-corrected chi connectivity index (χ1v) is 9.83. The molecule has 3 aromatic rings. The second-order valence-electron chi connectivity index (χ2n) is 7.18. The Hall–Kier alpha value is -3.93. The lowest BCUT2D eigenvalue weighted by Gasteiger charge is -2.22. The highest BCUT2D eigenvalue weighted by Crippen LogP contribution is 2.22. The highest BCUT2D eigenvalue weighted by atomic mass is 16.5. The fraction of sp³-hybridized carbons (Fsp3) is 0.350. The quantitative estimate of drug-likeness (QED) is 0.576. The molecular formula is C20H22N8O4. The van der Waals surface area contributed by atoms with E-state index >= 15 is 0 Å². The second kappa shape index (κ2) is 9.06. The van der Waals surface area contributed by atoms with Gasteiger partial charge in [0.1, 0.15) is 23.8 Å². The van der Waals surface area contributed by atoms with E-state index < -0.39 is 11.9 Å². The van der Waals surface area contributed by atoms with Crippen molar-refractivity contribution in [3.63, 3.8) is 0 Å². The van der Waals surface area contributed by atoms with Crippen LogP contribution in [0.15, 0.2) is 35.5 Å². The number of amides is 1. The Bertz CT molecular complexity index is 1180. The van der Waals surface area contributed by atoms with E-state index in [1.807, 2.05) is 11.9 Å². The Balaban J connectivity index is 1.74. The third-order valence-corrected chi connectivity index (χ3v) is 5.08. The zero-order valence-corrected chi connectivity index (χ0v) is 17.8. The van der Waals surface area contributed by atoms with Crippen molar-refractivity contribution in [2.75, 3.05) is 34.4 Å². The summed E-state index contributed by atoms with van der Waals surface area (Å²) < 4.78 is 11.8. The van der Waals surface area contributed by atoms with Gasteiger partial charge in [-0.2, -0.15) is 0 Å². The Morgan fingerprint density at radius 2 is 2.00 bits per heavy atom. The van der Waals surface area contributed by atoms with E-state index in [2.05, 4.69) is 25.5 Å². The van der Waals surface area contributed by atoms with Gasteiger partial charge in [0.15, 0.2) is 0 Å². The number of fused-ring (bicyclic) bond motifs is 1. The van der Waals surface area contributed by atoms with Crippen LogP contribution in [0.3, 0.4) is 0 Å². The molecule has 1 atom stereocenters. The number of methoxy groups -OCH3 is 2. The number of ether oxygens (including phenoxy) is 2. The molecule has 32 heavy (non-hydrogen) atoms. The van der Waals surface area contributed by atoms with Gasteiger partial charge in [-0.15, -0.1) is 10.2 Å². The molecule has 1 unspecified atom stereocenters. The normalized spacial score (nSPS) is 16.0. The molecule has 0 aliphatic carbocycles. The first kappa shape index (κ1) is 21.3. The predicted molar refractivity (Wildman–Crippen MR) is 112 cm³/mol. The number of aromatic nitrogens is 6. The molecule has 1 aliphatic rings. The average Bonchev–Trinajstić information content (AvgIpc) is 2.97. The van der Waals surface area contributed by atoms with Gasteiger partial charge in [-0.3, -0.25) is 14.2 Å². The number of hydrogen-bond acceptors (Lipinski definition) is 10. The Morgan fingerprint density at radius 1 is 1.16 bits per heavy atom. The lowest BCUT2D eigenvalue weighted by atomic mass is 10.2. The fourth-order valence-corrected chi connectivity index (χ4v) is 3.47. The van der Waals surface area contributed by atoms with Gasteiger partial charge in [-0.1, -0.05) is 0 Å². The maximum Gasteiger partial charge on any atom is 0.257 e. The fourth-order valence-electron chi connectivity index (χ4n) is 3.47. The first-order valence-electron chi connectivity index (χ1n) is 9.83. The van der Waals surface area contributed by atoms with Gasteiger partial charge in [0, 0.05) is 38.0 Å². The number of likely N-dealkylation sites (N-methyl/N-ethyl adjacent to an activating group) is 1. The molecular weight excluding hydrogens is 416 g/mol. The average molecular weight is 438 g/mol. The largest absolute Gasteiger partial charge is 0.480 e. The molecule has 4 rings (SSSR count). The molecule has 0 saturated carbocycles. The van der Waals surface area contributed by atoms with Crippen LogP contribution in [0.25, 0.3) is 11.4 Å². The molecule has 1 aliphatic heterocycles. The molecule has 0 spiro atoms. The summed E-state index contributed by atoms with van der Waals surface area (Å²) in [4.78, 5) is 40.9. The van der Waals surface area contributed by atoms with Gasteiger partial charge in [-0.05, 0) is 13.1 Å². The van der Waals surface area contributed by atoms with Crippen molar-refractivity contribution in [1.29, 1.82) is 0 Å². The second-order valence-corrected chi connectivity index (χ2v) is 7.18. The van der Waals surface area contributed by atoms with Gasteiger partial charge < -0.3 is 19.7 Å². The van der Waals surface area contributed by atoms with E-state index in [4.69, 9.17) is 14.5 Å². The van der Waals surface area contributed by atoms with Crippen LogP contribution < -0.4 is 20.3 Å². The number of hydrogen-bond donors (Lipinski definition) is 1. The maximum absolute atomic E-state index is 13.2. The van der Waals surface area contributed by atoms with Crippen LogP contribution >= 0.6 is 0 Å². The van der Waals surface area contributed by atoms with Crippen molar-refractivity contribution in [1.82, 2.24) is 39.9 Å². The number of nitrogens with one attached hydrogen (secondary N) is 1. The van der Waals surface area contributed by atoms with Crippen molar-refractivity contribution in [3.05, 3.63) is 52.5 Å². The Morgan fingerprint density at radius 3 is 2.72 bits per heavy atom. The van der Waals surface area contributed by atoms with E-state index in [0.717, 1.165) is 0 Å². The number of carbonyl (C=O) groups excluding carboxylic acids is 1. The van der Waals surface area contributed by atoms with Gasteiger partial charge in [0.25, 0.3) is 11.5 Å². The van der Waals surface area contributed by atoms with Crippen LogP contribution in [-0.2, 0) is 6.54 Å². The summed E-state index contributed by atoms with van der Waals surface area (Å²) in [7, 11) is 4.75. The molecule has 12 nitrogen and oxygen atoms in total. The van der Waals surface area contributed by atoms with Crippen molar-refractivity contribution in [2.45, 2.75) is 12.6 Å². The monoisotopic (exact) mass is 438 g/mol. The van der Waals surface area contributed by atoms with Gasteiger partial charge >= 0.3 is 0 Å². The summed E-state index contributed by atoms with van der Waals surface area (Å²) in [5, 5.41) is 10.7. The Kier molecular flexibility index (Phi) is 6.03. The zero-order valence-electron chi connectivity index (χ0n) is 17.8. The van der Waals surface area contributed by atoms with E-state index in [9.17, 15) is 9.59 Å². The lowest BCUT2D eigenvalue weighted by molar-refractivity contribution is 0.0922. The molecule has 0 aromatic carbocycles. The van der Waals surface area contributed by atoms with Gasteiger partial charge in [0.2, 0.25) is 11.8 Å². The molecule has 0 saturated heterocycles. The molecule has 12 heteroatoms. The molecule has 0 radical (unpaired) electrons. The topological polar surface area (TPSA) is 137 Å². The van der Waals surface area contributed by atoms with Crippen LogP contribution in [-0.4, -0.2) is 74.9 Å². The molecule has 166 valence electrons. The van der Waals surface area contributed by atoms with Gasteiger partial charge in [-0.25, -0.2) is 15.0 Å². The van der Waals surface area contributed by atoms with E-state index in [0.29, 0.717) is 36.8 Å². The minimum atomic E-state index is -0.576. The third-order valence-electron chi connectivity index (χ3n) is 5.08. The van der Waals surface area contributed by atoms with Crippen LogP contribution in [0.1, 0.15) is 22.2 Å². The summed E-state index contributed by atoms with van der Waals surface area (Å²) in [6.45, 7) is 1.52. The van der Waals surface area contributed by atoms with Crippen LogP contribution in [0.5, 0.6) is 11.8 Å². The van der Waals surface area contributed by atoms with E-state index in [-0.39, 0.29) is 22.9 Å². The lowest BCUT2D eigenvalue weighted by Crippen LogP contribution is -2.37. The summed E-state index contributed by atoms with van der Waals surface area (Å²) in [6, 6.07) is 3.99. The molecule has 0 fully saturated rings. The van der Waals surface area contributed by atoms with Gasteiger partial charge in [0.05, 0.1) is 25.6 Å². The molecule has 3 aromatic heterocycles. The predicted octanol–water partition coefficient (Wildman–Crippen LogP) is -0.0760. The van der Waals surface area contributed by atoms with Crippen LogP contribution in [0, 0.1) is 0 Å². The number of nitrogens with zero attached hydrogens (tertiary/aromatic N) is 7. The number of carbonyl (C=O) groups is 1. The minimum Gasteiger partial charge on any atom is -0.480 e. The smallest absolute Gasteiger partial charge is 0.257 e. The molecule has 1 amide bonds. The molecule has 4 heterocycles. The number of rotatable bonds is 5. The standard InChI is InChI=1S/C20H22N8O4/c1-27-6-7-28-17(29)9-14(13-4-5-21-11-22-13)23-18(28)15(10-27)24-19(30)12-8-16(31-2)25-26-20(12)32-3/h4-5,8-9,11,15H,6-7,10H2,1-3H3,(H,24,30). The maximum atomic E-state index is 13.2. The molecule has 0 bridgehead atoms. The zero-order chi connectivity index (χ0) is 22.7. The highest BCUT2D eigenvalue weighted by molar-refractivity contribution is 5.96. The van der Waals surface area contributed by atoms with Crippen molar-refractivity contribution in [3.8, 4) is 23.1 Å². The van der Waals surface area contributed by atoms with Crippen molar-refractivity contribution < 1.29 is 14.3 Å². The summed E-state index contributed by atoms with van der Waals surface area (Å²) >= 11 is 0. The third kappa shape index (κ3) is 4.25. The Labute approximate surface area is 183 Å². The molecule has 1 N–H and O–H groups in total. The van der Waals surface area contributed by atoms with Crippen molar-refractivity contribution in [2.24, 2.45) is 0 Å². The van der Waals surface area contributed by atoms with Crippen molar-refractivity contribution >= 4 is 5.91 Å². The highest BCUT2D eigenvalue weighted by Gasteiger charge is 2.28. The van der Waals surface area contributed by atoms with Crippen LogP contribution in [0.4, 0.5) is 0 Å². The van der Waals surface area contributed by atoms with E-state index in [1.165, 1.54) is 32.7 Å². The summed E-state index contributed by atoms with van der Waals surface area (Å²) in [5.41, 5.74) is 0.875. The van der Waals surface area contributed by atoms with Crippen LogP contribution in [0.2, 0.25) is 0 Å². The summed E-state index contributed by atoms with van der Waals surface area (Å²) in [6.07, 6.45) is 2.97. The SMILES string of the molecule is COc1cc(C(=O)NC2CN(C)CCn3c2nc(-c2ccncn2)cc3=O)c(OC)nn1.